The molecule has 0 bridgehead atoms. The highest BCUT2D eigenvalue weighted by atomic mass is 16.5. The lowest BCUT2D eigenvalue weighted by atomic mass is 9.98. The molecule has 0 saturated carbocycles. The molecule has 0 fully saturated rings. The first kappa shape index (κ1) is 17.8. The maximum absolute atomic E-state index is 11.1. The summed E-state index contributed by atoms with van der Waals surface area (Å²) in [7, 11) is 4.64. The summed E-state index contributed by atoms with van der Waals surface area (Å²) < 4.78 is 16.1. The average Bonchev–Trinajstić information content (AvgIpc) is 2.72. The summed E-state index contributed by atoms with van der Waals surface area (Å²) in [5.74, 6) is 1.40. The van der Waals surface area contributed by atoms with Crippen molar-refractivity contribution in [3.8, 4) is 28.5 Å². The molecule has 1 N–H and O–H groups in total. The quantitative estimate of drug-likeness (QED) is 0.731. The van der Waals surface area contributed by atoms with Crippen molar-refractivity contribution < 1.29 is 19.3 Å². The number of aromatic nitrogens is 1. The summed E-state index contributed by atoms with van der Waals surface area (Å²) >= 11 is 0. The van der Waals surface area contributed by atoms with Crippen molar-refractivity contribution in [2.45, 2.75) is 6.10 Å². The number of aliphatic hydroxyl groups is 1. The van der Waals surface area contributed by atoms with E-state index in [1.54, 1.807) is 38.6 Å². The van der Waals surface area contributed by atoms with Gasteiger partial charge in [-0.25, -0.2) is 4.98 Å². The van der Waals surface area contributed by atoms with Gasteiger partial charge in [-0.1, -0.05) is 42.5 Å². The van der Waals surface area contributed by atoms with Crippen molar-refractivity contribution in [3.63, 3.8) is 0 Å². The number of ether oxygens (including phenoxy) is 3. The summed E-state index contributed by atoms with van der Waals surface area (Å²) in [4.78, 5) is 4.36. The molecule has 5 nitrogen and oxygen atoms in total. The molecule has 0 amide bonds. The van der Waals surface area contributed by atoms with Gasteiger partial charge in [-0.05, 0) is 17.7 Å². The fraction of sp³-hybridized carbons (Fsp3) is 0.190. The van der Waals surface area contributed by atoms with Crippen LogP contribution in [0.3, 0.4) is 0 Å². The van der Waals surface area contributed by atoms with Gasteiger partial charge in [0, 0.05) is 22.9 Å². The van der Waals surface area contributed by atoms with Crippen LogP contribution in [0.4, 0.5) is 0 Å². The lowest BCUT2D eigenvalue weighted by Gasteiger charge is -2.19. The van der Waals surface area contributed by atoms with Gasteiger partial charge in [0.1, 0.15) is 6.10 Å². The Bertz CT molecular complexity index is 880. The Balaban J connectivity index is 2.11. The van der Waals surface area contributed by atoms with E-state index in [1.165, 1.54) is 7.11 Å². The van der Waals surface area contributed by atoms with Crippen molar-refractivity contribution in [1.29, 1.82) is 0 Å². The Hall–Kier alpha value is -3.05. The van der Waals surface area contributed by atoms with E-state index in [9.17, 15) is 5.11 Å². The van der Waals surface area contributed by atoms with Crippen LogP contribution in [0.1, 0.15) is 17.2 Å². The summed E-state index contributed by atoms with van der Waals surface area (Å²) in [5.41, 5.74) is 3.04. The number of nitrogens with zero attached hydrogens (tertiary/aromatic N) is 1. The van der Waals surface area contributed by atoms with Gasteiger partial charge in [-0.2, -0.15) is 0 Å². The highest BCUT2D eigenvalue weighted by Crippen LogP contribution is 2.40. The van der Waals surface area contributed by atoms with Crippen LogP contribution in [0.5, 0.6) is 17.4 Å². The predicted octanol–water partition coefficient (Wildman–Crippen LogP) is 3.86. The normalized spacial score (nSPS) is 11.7. The smallest absolute Gasteiger partial charge is 0.219 e. The summed E-state index contributed by atoms with van der Waals surface area (Å²) in [6, 6.07) is 17.1. The van der Waals surface area contributed by atoms with E-state index in [4.69, 9.17) is 14.2 Å². The van der Waals surface area contributed by atoms with Crippen LogP contribution >= 0.6 is 0 Å². The Labute approximate surface area is 152 Å². The number of rotatable bonds is 6. The molecule has 0 radical (unpaired) electrons. The fourth-order valence-corrected chi connectivity index (χ4v) is 2.92. The first-order chi connectivity index (χ1) is 12.7. The van der Waals surface area contributed by atoms with E-state index >= 15 is 0 Å². The minimum atomic E-state index is -0.980. The zero-order valence-corrected chi connectivity index (χ0v) is 15.0. The molecular weight excluding hydrogens is 330 g/mol. The lowest BCUT2D eigenvalue weighted by molar-refractivity contribution is 0.206. The second-order valence-electron chi connectivity index (χ2n) is 5.67. The molecule has 0 aliphatic carbocycles. The monoisotopic (exact) mass is 351 g/mol. The number of hydrogen-bond acceptors (Lipinski definition) is 5. The van der Waals surface area contributed by atoms with Crippen molar-refractivity contribution in [2.24, 2.45) is 0 Å². The Morgan fingerprint density at radius 3 is 2.23 bits per heavy atom. The molecule has 2 aromatic carbocycles. The first-order valence-corrected chi connectivity index (χ1v) is 8.18. The predicted molar refractivity (Wildman–Crippen MR) is 99.8 cm³/mol. The molecule has 0 spiro atoms. The van der Waals surface area contributed by atoms with Crippen LogP contribution in [0.2, 0.25) is 0 Å². The zero-order valence-electron chi connectivity index (χ0n) is 15.0. The topological polar surface area (TPSA) is 60.8 Å². The molecule has 1 atom stereocenters. The van der Waals surface area contributed by atoms with E-state index in [2.05, 4.69) is 4.98 Å². The number of hydrogen-bond donors (Lipinski definition) is 1. The highest BCUT2D eigenvalue weighted by Gasteiger charge is 2.23. The van der Waals surface area contributed by atoms with Crippen LogP contribution in [-0.2, 0) is 0 Å². The zero-order chi connectivity index (χ0) is 18.5. The van der Waals surface area contributed by atoms with Crippen molar-refractivity contribution in [3.05, 3.63) is 71.9 Å². The third-order valence-corrected chi connectivity index (χ3v) is 4.20. The third-order valence-electron chi connectivity index (χ3n) is 4.20. The SMILES string of the molecule is COc1cccc(C(O)c2cc(-c3ccccc3)cnc2OC)c1OC. The molecule has 3 aromatic rings. The van der Waals surface area contributed by atoms with Gasteiger partial charge in [0.15, 0.2) is 11.5 Å². The first-order valence-electron chi connectivity index (χ1n) is 8.18. The van der Waals surface area contributed by atoms with Crippen LogP contribution < -0.4 is 14.2 Å². The van der Waals surface area contributed by atoms with Gasteiger partial charge >= 0.3 is 0 Å². The minimum absolute atomic E-state index is 0.363. The van der Waals surface area contributed by atoms with Crippen LogP contribution in [0.15, 0.2) is 60.8 Å². The molecule has 134 valence electrons. The Morgan fingerprint density at radius 1 is 0.808 bits per heavy atom. The van der Waals surface area contributed by atoms with Crippen LogP contribution in [0, 0.1) is 0 Å². The van der Waals surface area contributed by atoms with Crippen molar-refractivity contribution in [2.75, 3.05) is 21.3 Å². The summed E-state index contributed by atoms with van der Waals surface area (Å²) in [6.45, 7) is 0. The number of pyridine rings is 1. The van der Waals surface area contributed by atoms with Gasteiger partial charge in [-0.3, -0.25) is 0 Å². The Kier molecular flexibility index (Phi) is 5.39. The van der Waals surface area contributed by atoms with Gasteiger partial charge in [-0.15, -0.1) is 0 Å². The summed E-state index contributed by atoms with van der Waals surface area (Å²) in [6.07, 6.45) is 0.749. The van der Waals surface area contributed by atoms with E-state index in [-0.39, 0.29) is 0 Å². The average molecular weight is 351 g/mol. The molecule has 0 aliphatic rings. The van der Waals surface area contributed by atoms with E-state index in [0.29, 0.717) is 28.5 Å². The molecular formula is C21H21NO4. The molecule has 1 heterocycles. The number of para-hydroxylation sites is 1. The lowest BCUT2D eigenvalue weighted by Crippen LogP contribution is -2.07. The van der Waals surface area contributed by atoms with E-state index in [0.717, 1.165) is 11.1 Å². The van der Waals surface area contributed by atoms with E-state index < -0.39 is 6.10 Å². The third kappa shape index (κ3) is 3.34. The number of aliphatic hydroxyl groups excluding tert-OH is 1. The van der Waals surface area contributed by atoms with Gasteiger partial charge in [0.2, 0.25) is 5.88 Å². The molecule has 0 aliphatic heterocycles. The molecule has 26 heavy (non-hydrogen) atoms. The fourth-order valence-electron chi connectivity index (χ4n) is 2.92. The standard InChI is InChI=1S/C21H21NO4/c1-24-18-11-7-10-16(20(18)25-2)19(23)17-12-15(13-22-21(17)26-3)14-8-5-4-6-9-14/h4-13,19,23H,1-3H3. The molecule has 1 unspecified atom stereocenters. The largest absolute Gasteiger partial charge is 0.493 e. The number of benzene rings is 2. The van der Waals surface area contributed by atoms with Gasteiger partial charge in [0.25, 0.3) is 0 Å². The summed E-state index contributed by atoms with van der Waals surface area (Å²) in [5, 5.41) is 11.1. The second kappa shape index (κ2) is 7.89. The van der Waals surface area contributed by atoms with Gasteiger partial charge in [0.05, 0.1) is 21.3 Å². The highest BCUT2D eigenvalue weighted by molar-refractivity contribution is 5.64. The Morgan fingerprint density at radius 2 is 1.58 bits per heavy atom. The second-order valence-corrected chi connectivity index (χ2v) is 5.67. The molecule has 5 heteroatoms. The van der Waals surface area contributed by atoms with Crippen molar-refractivity contribution >= 4 is 0 Å². The number of methoxy groups -OCH3 is 3. The molecule has 1 aromatic heterocycles. The maximum atomic E-state index is 11.1. The minimum Gasteiger partial charge on any atom is -0.493 e. The van der Waals surface area contributed by atoms with Crippen LogP contribution in [0.25, 0.3) is 11.1 Å². The molecule has 0 saturated heterocycles. The molecule has 3 rings (SSSR count). The maximum Gasteiger partial charge on any atom is 0.219 e. The van der Waals surface area contributed by atoms with Crippen molar-refractivity contribution in [1.82, 2.24) is 4.98 Å². The van der Waals surface area contributed by atoms with E-state index in [1.807, 2.05) is 36.4 Å². The van der Waals surface area contributed by atoms with Gasteiger partial charge < -0.3 is 19.3 Å². The van der Waals surface area contributed by atoms with Crippen LogP contribution in [-0.4, -0.2) is 31.4 Å².